The highest BCUT2D eigenvalue weighted by atomic mass is 32.1. The molecular weight excluding hydrogens is 208 g/mol. The fourth-order valence-electron chi connectivity index (χ4n) is 1.39. The van der Waals surface area contributed by atoms with Crippen molar-refractivity contribution in [1.29, 1.82) is 0 Å². The van der Waals surface area contributed by atoms with Gasteiger partial charge in [0.05, 0.1) is 14.2 Å². The second-order valence-corrected chi connectivity index (χ2v) is 4.49. The fourth-order valence-corrected chi connectivity index (χ4v) is 1.52. The van der Waals surface area contributed by atoms with Gasteiger partial charge in [0.1, 0.15) is 11.5 Å². The first kappa shape index (κ1) is 12.2. The second-order valence-electron chi connectivity index (χ2n) is 3.61. The molecular formula is C12H18O2S. The van der Waals surface area contributed by atoms with E-state index in [9.17, 15) is 0 Å². The lowest BCUT2D eigenvalue weighted by atomic mass is 10.1. The first-order valence-electron chi connectivity index (χ1n) is 5.05. The summed E-state index contributed by atoms with van der Waals surface area (Å²) in [5.41, 5.74) is 1.23. The fraction of sp³-hybridized carbons (Fsp3) is 0.500. The van der Waals surface area contributed by atoms with Crippen LogP contribution in [0.1, 0.15) is 18.9 Å². The van der Waals surface area contributed by atoms with Crippen LogP contribution in [0, 0.1) is 0 Å². The SMILES string of the molecule is COc1cc(CCC(C)S)cc(OC)c1. The lowest BCUT2D eigenvalue weighted by Gasteiger charge is -2.09. The maximum absolute atomic E-state index is 5.21. The molecule has 0 aliphatic carbocycles. The first-order chi connectivity index (χ1) is 7.15. The number of hydrogen-bond acceptors (Lipinski definition) is 3. The highest BCUT2D eigenvalue weighted by Crippen LogP contribution is 2.23. The Morgan fingerprint density at radius 1 is 1.13 bits per heavy atom. The number of thiol groups is 1. The molecule has 0 bridgehead atoms. The van der Waals surface area contributed by atoms with Crippen molar-refractivity contribution >= 4 is 12.6 Å². The second kappa shape index (κ2) is 5.91. The van der Waals surface area contributed by atoms with Crippen LogP contribution in [0.5, 0.6) is 11.5 Å². The summed E-state index contributed by atoms with van der Waals surface area (Å²) >= 11 is 4.36. The third-order valence-corrected chi connectivity index (χ3v) is 2.52. The van der Waals surface area contributed by atoms with E-state index in [2.05, 4.69) is 19.6 Å². The Morgan fingerprint density at radius 3 is 2.07 bits per heavy atom. The summed E-state index contributed by atoms with van der Waals surface area (Å²) in [6.45, 7) is 2.10. The molecule has 15 heavy (non-hydrogen) atoms. The largest absolute Gasteiger partial charge is 0.497 e. The van der Waals surface area contributed by atoms with Crippen molar-refractivity contribution in [3.05, 3.63) is 23.8 Å². The molecule has 1 atom stereocenters. The van der Waals surface area contributed by atoms with Crippen molar-refractivity contribution in [1.82, 2.24) is 0 Å². The summed E-state index contributed by atoms with van der Waals surface area (Å²) in [6.07, 6.45) is 2.05. The molecule has 0 aromatic heterocycles. The Bertz CT molecular complexity index is 288. The molecule has 0 radical (unpaired) electrons. The molecule has 0 saturated heterocycles. The molecule has 0 spiro atoms. The molecule has 3 heteroatoms. The molecule has 1 aromatic rings. The van der Waals surface area contributed by atoms with E-state index in [1.54, 1.807) is 14.2 Å². The van der Waals surface area contributed by atoms with Crippen LogP contribution in [-0.2, 0) is 6.42 Å². The molecule has 0 fully saturated rings. The van der Waals surface area contributed by atoms with Crippen LogP contribution in [0.3, 0.4) is 0 Å². The van der Waals surface area contributed by atoms with Gasteiger partial charge in [-0.25, -0.2) is 0 Å². The molecule has 0 amide bonds. The Balaban J connectivity index is 2.77. The van der Waals surface area contributed by atoms with E-state index in [1.165, 1.54) is 5.56 Å². The predicted octanol–water partition coefficient (Wildman–Crippen LogP) is 2.95. The zero-order chi connectivity index (χ0) is 11.3. The minimum absolute atomic E-state index is 0.419. The normalized spacial score (nSPS) is 12.3. The number of rotatable bonds is 5. The molecule has 1 rings (SSSR count). The highest BCUT2D eigenvalue weighted by Gasteiger charge is 2.03. The molecule has 0 aliphatic rings. The van der Waals surface area contributed by atoms with Gasteiger partial charge in [-0.15, -0.1) is 0 Å². The number of ether oxygens (including phenoxy) is 2. The van der Waals surface area contributed by atoms with Crippen LogP contribution in [-0.4, -0.2) is 19.5 Å². The zero-order valence-corrected chi connectivity index (χ0v) is 10.4. The van der Waals surface area contributed by atoms with Crippen molar-refractivity contribution in [2.24, 2.45) is 0 Å². The molecule has 0 aliphatic heterocycles. The van der Waals surface area contributed by atoms with Crippen LogP contribution in [0.25, 0.3) is 0 Å². The number of hydrogen-bond donors (Lipinski definition) is 1. The molecule has 84 valence electrons. The van der Waals surface area contributed by atoms with Crippen molar-refractivity contribution < 1.29 is 9.47 Å². The summed E-state index contributed by atoms with van der Waals surface area (Å²) in [7, 11) is 3.33. The predicted molar refractivity (Wildman–Crippen MR) is 66.3 cm³/mol. The van der Waals surface area contributed by atoms with Gasteiger partial charge in [-0.05, 0) is 35.8 Å². The van der Waals surface area contributed by atoms with Gasteiger partial charge < -0.3 is 9.47 Å². The van der Waals surface area contributed by atoms with Gasteiger partial charge in [0, 0.05) is 6.07 Å². The Morgan fingerprint density at radius 2 is 1.67 bits per heavy atom. The van der Waals surface area contributed by atoms with E-state index in [0.29, 0.717) is 5.25 Å². The third-order valence-electron chi connectivity index (χ3n) is 2.26. The Hall–Kier alpha value is -0.830. The molecule has 1 unspecified atom stereocenters. The average Bonchev–Trinajstić information content (AvgIpc) is 2.25. The van der Waals surface area contributed by atoms with Crippen LogP contribution in [0.15, 0.2) is 18.2 Å². The van der Waals surface area contributed by atoms with E-state index < -0.39 is 0 Å². The summed E-state index contributed by atoms with van der Waals surface area (Å²) in [5.74, 6) is 1.69. The van der Waals surface area contributed by atoms with Gasteiger partial charge in [-0.3, -0.25) is 0 Å². The quantitative estimate of drug-likeness (QED) is 0.778. The average molecular weight is 226 g/mol. The van der Waals surface area contributed by atoms with E-state index >= 15 is 0 Å². The van der Waals surface area contributed by atoms with Crippen LogP contribution in [0.4, 0.5) is 0 Å². The van der Waals surface area contributed by atoms with Crippen molar-refractivity contribution in [2.45, 2.75) is 25.0 Å². The molecule has 2 nitrogen and oxygen atoms in total. The first-order valence-corrected chi connectivity index (χ1v) is 5.57. The van der Waals surface area contributed by atoms with Crippen molar-refractivity contribution in [2.75, 3.05) is 14.2 Å². The zero-order valence-electron chi connectivity index (χ0n) is 9.49. The van der Waals surface area contributed by atoms with Gasteiger partial charge in [-0.1, -0.05) is 6.92 Å². The highest BCUT2D eigenvalue weighted by molar-refractivity contribution is 7.80. The number of aryl methyl sites for hydroxylation is 1. The van der Waals surface area contributed by atoms with Gasteiger partial charge in [-0.2, -0.15) is 12.6 Å². The molecule has 0 heterocycles. The van der Waals surface area contributed by atoms with Crippen LogP contribution in [0.2, 0.25) is 0 Å². The standard InChI is InChI=1S/C12H18O2S/c1-9(15)4-5-10-6-11(13-2)8-12(7-10)14-3/h6-9,15H,4-5H2,1-3H3. The third kappa shape index (κ3) is 4.04. The number of methoxy groups -OCH3 is 2. The topological polar surface area (TPSA) is 18.5 Å². The number of benzene rings is 1. The van der Waals surface area contributed by atoms with E-state index in [1.807, 2.05) is 18.2 Å². The molecule has 0 saturated carbocycles. The molecule has 1 aromatic carbocycles. The minimum atomic E-state index is 0.419. The van der Waals surface area contributed by atoms with Crippen LogP contribution >= 0.6 is 12.6 Å². The van der Waals surface area contributed by atoms with Crippen molar-refractivity contribution in [3.63, 3.8) is 0 Å². The smallest absolute Gasteiger partial charge is 0.122 e. The van der Waals surface area contributed by atoms with Gasteiger partial charge in [0.15, 0.2) is 0 Å². The van der Waals surface area contributed by atoms with Gasteiger partial charge >= 0.3 is 0 Å². The maximum atomic E-state index is 5.21. The van der Waals surface area contributed by atoms with Gasteiger partial charge in [0.25, 0.3) is 0 Å². The Labute approximate surface area is 97.0 Å². The monoisotopic (exact) mass is 226 g/mol. The summed E-state index contributed by atoms with van der Waals surface area (Å²) in [6, 6.07) is 5.96. The minimum Gasteiger partial charge on any atom is -0.497 e. The summed E-state index contributed by atoms with van der Waals surface area (Å²) in [4.78, 5) is 0. The molecule has 0 N–H and O–H groups in total. The Kier molecular flexibility index (Phi) is 4.82. The summed E-state index contributed by atoms with van der Waals surface area (Å²) in [5, 5.41) is 0.419. The summed E-state index contributed by atoms with van der Waals surface area (Å²) < 4.78 is 10.4. The van der Waals surface area contributed by atoms with E-state index in [4.69, 9.17) is 9.47 Å². The van der Waals surface area contributed by atoms with Crippen molar-refractivity contribution in [3.8, 4) is 11.5 Å². The van der Waals surface area contributed by atoms with E-state index in [-0.39, 0.29) is 0 Å². The van der Waals surface area contributed by atoms with E-state index in [0.717, 1.165) is 24.3 Å². The lowest BCUT2D eigenvalue weighted by Crippen LogP contribution is -1.96. The lowest BCUT2D eigenvalue weighted by molar-refractivity contribution is 0.393. The maximum Gasteiger partial charge on any atom is 0.122 e. The van der Waals surface area contributed by atoms with Crippen LogP contribution < -0.4 is 9.47 Å². The van der Waals surface area contributed by atoms with Gasteiger partial charge in [0.2, 0.25) is 0 Å².